The van der Waals surface area contributed by atoms with Crippen molar-refractivity contribution in [2.75, 3.05) is 19.8 Å². The van der Waals surface area contributed by atoms with Gasteiger partial charge in [-0.2, -0.15) is 39.5 Å². The third-order valence-corrected chi connectivity index (χ3v) is 4.54. The van der Waals surface area contributed by atoms with E-state index in [2.05, 4.69) is 27.4 Å². The molecule has 0 spiro atoms. The van der Waals surface area contributed by atoms with Gasteiger partial charge in [0.05, 0.1) is 0 Å². The average Bonchev–Trinajstić information content (AvgIpc) is 2.82. The molecule has 0 radical (unpaired) electrons. The Morgan fingerprint density at radius 1 is 0.780 bits per heavy atom. The number of amides is 1. The molecule has 41 heavy (non-hydrogen) atoms. The number of carbonyl (C=O) groups excluding carboxylic acids is 4. The van der Waals surface area contributed by atoms with Gasteiger partial charge in [0, 0.05) is 12.2 Å². The molecule has 10 nitrogen and oxygen atoms in total. The Morgan fingerprint density at radius 2 is 1.22 bits per heavy atom. The summed E-state index contributed by atoms with van der Waals surface area (Å²) < 4.78 is 153. The summed E-state index contributed by atoms with van der Waals surface area (Å²) in [6.45, 7) is 4.40. The molecule has 20 heteroatoms. The number of halogens is 10. The van der Waals surface area contributed by atoms with Crippen LogP contribution in [0.2, 0.25) is 0 Å². The lowest BCUT2D eigenvalue weighted by Crippen LogP contribution is -2.62. The van der Waals surface area contributed by atoms with Crippen molar-refractivity contribution in [2.24, 2.45) is 0 Å². The maximum atomic E-state index is 14.4. The molecule has 0 bridgehead atoms. The first kappa shape index (κ1) is 37.4. The van der Waals surface area contributed by atoms with Crippen LogP contribution in [0.1, 0.15) is 20.8 Å². The van der Waals surface area contributed by atoms with Gasteiger partial charge in [-0.05, 0) is 20.8 Å². The first-order valence-corrected chi connectivity index (χ1v) is 10.6. The van der Waals surface area contributed by atoms with Gasteiger partial charge in [0.25, 0.3) is 5.67 Å². The lowest BCUT2D eigenvalue weighted by Gasteiger charge is -2.36. The van der Waals surface area contributed by atoms with Crippen LogP contribution in [0, 0.1) is 0 Å². The van der Waals surface area contributed by atoms with Crippen LogP contribution < -0.4 is 5.32 Å². The minimum absolute atomic E-state index is 0.617. The lowest BCUT2D eigenvalue weighted by molar-refractivity contribution is -0.448. The SMILES string of the molecule is C=CC(=O)OCC(C)(COC(=O)C=C)NC(=O)OCC(C)OC(=O)C(F)(OC(F)(F)C(C)(F)C(F)(F)F)C(F)(F)F. The lowest BCUT2D eigenvalue weighted by atomic mass is 10.1. The highest BCUT2D eigenvalue weighted by Gasteiger charge is 2.77. The van der Waals surface area contributed by atoms with E-state index < -0.39 is 92.4 Å². The van der Waals surface area contributed by atoms with Crippen molar-refractivity contribution in [1.82, 2.24) is 5.32 Å². The van der Waals surface area contributed by atoms with Crippen molar-refractivity contribution in [3.05, 3.63) is 25.3 Å². The molecule has 0 fully saturated rings. The summed E-state index contributed by atoms with van der Waals surface area (Å²) in [5.74, 6) is -11.7. The number of rotatable bonds is 14. The maximum absolute atomic E-state index is 14.4. The van der Waals surface area contributed by atoms with Crippen LogP contribution in [-0.2, 0) is 38.1 Å². The summed E-state index contributed by atoms with van der Waals surface area (Å²) >= 11 is 0. The van der Waals surface area contributed by atoms with Crippen LogP contribution in [0.5, 0.6) is 0 Å². The first-order chi connectivity index (χ1) is 18.3. The molecule has 0 aliphatic heterocycles. The Balaban J connectivity index is 5.58. The van der Waals surface area contributed by atoms with Gasteiger partial charge in [-0.25, -0.2) is 23.6 Å². The Kier molecular flexibility index (Phi) is 12.2. The van der Waals surface area contributed by atoms with Crippen LogP contribution in [0.4, 0.5) is 48.7 Å². The predicted octanol–water partition coefficient (Wildman–Crippen LogP) is 3.99. The molecule has 0 saturated heterocycles. The monoisotopic (exact) mass is 623 g/mol. The summed E-state index contributed by atoms with van der Waals surface area (Å²) in [7, 11) is 0. The molecular formula is C21H23F10NO9. The molecule has 1 amide bonds. The van der Waals surface area contributed by atoms with Gasteiger partial charge in [0.2, 0.25) is 0 Å². The van der Waals surface area contributed by atoms with E-state index in [1.165, 1.54) is 0 Å². The fraction of sp³-hybridized carbons (Fsp3) is 0.619. The summed E-state index contributed by atoms with van der Waals surface area (Å²) in [5, 5.41) is 2.03. The van der Waals surface area contributed by atoms with Crippen LogP contribution in [0.15, 0.2) is 25.3 Å². The third kappa shape index (κ3) is 10.1. The van der Waals surface area contributed by atoms with Gasteiger partial charge in [-0.3, -0.25) is 4.74 Å². The zero-order valence-corrected chi connectivity index (χ0v) is 21.2. The fourth-order valence-electron chi connectivity index (χ4n) is 2.11. The van der Waals surface area contributed by atoms with E-state index in [1.54, 1.807) is 0 Å². The number of ether oxygens (including phenoxy) is 5. The number of carbonyl (C=O) groups is 4. The predicted molar refractivity (Wildman–Crippen MR) is 112 cm³/mol. The van der Waals surface area contributed by atoms with E-state index in [0.717, 1.165) is 19.1 Å². The van der Waals surface area contributed by atoms with Crippen molar-refractivity contribution < 1.29 is 86.8 Å². The summed E-state index contributed by atoms with van der Waals surface area (Å²) in [6, 6.07) is 0. The fourth-order valence-corrected chi connectivity index (χ4v) is 2.11. The minimum atomic E-state index is -6.82. The van der Waals surface area contributed by atoms with Gasteiger partial charge in [-0.15, -0.1) is 0 Å². The molecule has 0 saturated carbocycles. The topological polar surface area (TPSA) is 126 Å². The summed E-state index contributed by atoms with van der Waals surface area (Å²) in [6.07, 6.45) is -22.2. The molecule has 0 rings (SSSR count). The highest BCUT2D eigenvalue weighted by atomic mass is 19.4. The second-order valence-corrected chi connectivity index (χ2v) is 8.34. The quantitative estimate of drug-likeness (QED) is 0.132. The van der Waals surface area contributed by atoms with E-state index in [-0.39, 0.29) is 0 Å². The van der Waals surface area contributed by atoms with Crippen LogP contribution in [-0.4, -0.2) is 85.4 Å². The Morgan fingerprint density at radius 3 is 1.59 bits per heavy atom. The normalized spacial score (nSPS) is 16.2. The molecule has 3 atom stereocenters. The summed E-state index contributed by atoms with van der Waals surface area (Å²) in [5.41, 5.74) is -7.64. The van der Waals surface area contributed by atoms with Crippen molar-refractivity contribution >= 4 is 24.0 Å². The molecule has 236 valence electrons. The Hall–Kier alpha value is -3.58. The number of hydrogen-bond donors (Lipinski definition) is 1. The Labute approximate surface area is 224 Å². The highest BCUT2D eigenvalue weighted by molar-refractivity contribution is 5.82. The van der Waals surface area contributed by atoms with Gasteiger partial charge in [0.15, 0.2) is 0 Å². The third-order valence-electron chi connectivity index (χ3n) is 4.54. The van der Waals surface area contributed by atoms with E-state index in [9.17, 15) is 63.1 Å². The van der Waals surface area contributed by atoms with Gasteiger partial charge in [0.1, 0.15) is 31.5 Å². The van der Waals surface area contributed by atoms with Gasteiger partial charge >= 0.3 is 48.3 Å². The van der Waals surface area contributed by atoms with Crippen LogP contribution in [0.3, 0.4) is 0 Å². The molecule has 3 unspecified atom stereocenters. The molecule has 0 heterocycles. The van der Waals surface area contributed by atoms with Crippen molar-refractivity contribution in [2.45, 2.75) is 62.4 Å². The van der Waals surface area contributed by atoms with Crippen molar-refractivity contribution in [1.29, 1.82) is 0 Å². The maximum Gasteiger partial charge on any atom is 0.460 e. The zero-order valence-electron chi connectivity index (χ0n) is 21.2. The second-order valence-electron chi connectivity index (χ2n) is 8.34. The molecule has 1 N–H and O–H groups in total. The van der Waals surface area contributed by atoms with E-state index in [1.807, 2.05) is 5.32 Å². The van der Waals surface area contributed by atoms with Gasteiger partial charge in [-0.1, -0.05) is 13.2 Å². The molecule has 0 aliphatic rings. The molecule has 0 aliphatic carbocycles. The number of alkyl halides is 10. The van der Waals surface area contributed by atoms with E-state index in [0.29, 0.717) is 6.92 Å². The zero-order chi connectivity index (χ0) is 32.7. The van der Waals surface area contributed by atoms with Gasteiger partial charge < -0.3 is 24.3 Å². The largest absolute Gasteiger partial charge is 0.460 e. The minimum Gasteiger partial charge on any atom is -0.460 e. The van der Waals surface area contributed by atoms with E-state index in [4.69, 9.17) is 9.47 Å². The standard InChI is InChI=1S/C21H23F10NO9/c1-6-12(33)38-9-16(4,10-39-13(34)7-2)32-15(36)37-8-11(3)40-14(35)18(23,20(27,28)29)41-21(30,31)17(5,22)19(24,25)26/h6-7,11H,1-2,8-10H2,3-5H3,(H,32,36). The van der Waals surface area contributed by atoms with Crippen molar-refractivity contribution in [3.63, 3.8) is 0 Å². The van der Waals surface area contributed by atoms with E-state index >= 15 is 0 Å². The number of esters is 3. The highest BCUT2D eigenvalue weighted by Crippen LogP contribution is 2.50. The molecular weight excluding hydrogens is 600 g/mol. The smallest absolute Gasteiger partial charge is 0.460 e. The summed E-state index contributed by atoms with van der Waals surface area (Å²) in [4.78, 5) is 46.5. The Bertz CT molecular complexity index is 973. The number of hydrogen-bond acceptors (Lipinski definition) is 9. The number of alkyl carbamates (subject to hydrolysis) is 1. The number of nitrogens with one attached hydrogen (secondary N) is 1. The molecule has 0 aromatic carbocycles. The van der Waals surface area contributed by atoms with Crippen LogP contribution >= 0.6 is 0 Å². The average molecular weight is 623 g/mol. The first-order valence-electron chi connectivity index (χ1n) is 10.6. The molecule has 0 aromatic heterocycles. The molecule has 0 aromatic rings. The van der Waals surface area contributed by atoms with Crippen molar-refractivity contribution in [3.8, 4) is 0 Å². The van der Waals surface area contributed by atoms with Crippen LogP contribution in [0.25, 0.3) is 0 Å². The second kappa shape index (κ2) is 13.4.